The Morgan fingerprint density at radius 1 is 1.29 bits per heavy atom. The molecule has 2 heteroatoms. The molecule has 2 rings (SSSR count). The first kappa shape index (κ1) is 12.2. The molecule has 0 N–H and O–H groups in total. The van der Waals surface area contributed by atoms with Gasteiger partial charge in [0.05, 0.1) is 6.04 Å². The van der Waals surface area contributed by atoms with Gasteiger partial charge in [-0.3, -0.25) is 4.79 Å². The predicted molar refractivity (Wildman–Crippen MR) is 69.6 cm³/mol. The Bertz CT molecular complexity index is 374. The minimum Gasteiger partial charge on any atom is -0.336 e. The molecule has 17 heavy (non-hydrogen) atoms. The number of likely N-dealkylation sites (tertiary alicyclic amines) is 1. The Morgan fingerprint density at radius 3 is 2.71 bits per heavy atom. The highest BCUT2D eigenvalue weighted by atomic mass is 16.2. The lowest BCUT2D eigenvalue weighted by atomic mass is 10.0. The SMILES string of the molecule is C[C@@H]1CCCN([C@H](C)c2ccccc2)C(=O)C1. The third-order valence-electron chi connectivity index (χ3n) is 3.69. The maximum Gasteiger partial charge on any atom is 0.223 e. The normalized spacial score (nSPS) is 23.3. The van der Waals surface area contributed by atoms with Crippen LogP contribution in [0, 0.1) is 5.92 Å². The Kier molecular flexibility index (Phi) is 3.82. The zero-order valence-electron chi connectivity index (χ0n) is 10.7. The standard InChI is InChI=1S/C15H21NO/c1-12-7-6-10-16(15(17)11-12)13(2)14-8-4-3-5-9-14/h3-5,8-9,12-13H,6-7,10-11H2,1-2H3/t12-,13-/m1/s1. The van der Waals surface area contributed by atoms with Crippen LogP contribution in [0.25, 0.3) is 0 Å². The van der Waals surface area contributed by atoms with Gasteiger partial charge in [-0.25, -0.2) is 0 Å². The minimum absolute atomic E-state index is 0.203. The van der Waals surface area contributed by atoms with Crippen LogP contribution in [0.2, 0.25) is 0 Å². The van der Waals surface area contributed by atoms with Gasteiger partial charge in [-0.2, -0.15) is 0 Å². The molecule has 92 valence electrons. The number of amides is 1. The molecule has 0 radical (unpaired) electrons. The molecule has 0 spiro atoms. The molecule has 1 aliphatic rings. The predicted octanol–water partition coefficient (Wildman–Crippen LogP) is 3.40. The van der Waals surface area contributed by atoms with Crippen molar-refractivity contribution in [2.24, 2.45) is 5.92 Å². The van der Waals surface area contributed by atoms with E-state index in [4.69, 9.17) is 0 Å². The third kappa shape index (κ3) is 2.87. The Balaban J connectivity index is 2.13. The summed E-state index contributed by atoms with van der Waals surface area (Å²) in [4.78, 5) is 14.2. The maximum atomic E-state index is 12.2. The fourth-order valence-corrected chi connectivity index (χ4v) is 2.57. The summed E-state index contributed by atoms with van der Waals surface area (Å²) >= 11 is 0. The molecule has 2 nitrogen and oxygen atoms in total. The molecule has 0 aliphatic carbocycles. The Hall–Kier alpha value is -1.31. The molecule has 1 heterocycles. The number of hydrogen-bond donors (Lipinski definition) is 0. The lowest BCUT2D eigenvalue weighted by Gasteiger charge is -2.28. The second-order valence-corrected chi connectivity index (χ2v) is 5.13. The van der Waals surface area contributed by atoms with Crippen LogP contribution in [0.15, 0.2) is 30.3 Å². The number of hydrogen-bond acceptors (Lipinski definition) is 1. The van der Waals surface area contributed by atoms with Crippen LogP contribution >= 0.6 is 0 Å². The number of carbonyl (C=O) groups is 1. The van der Waals surface area contributed by atoms with E-state index >= 15 is 0 Å². The first-order valence-corrected chi connectivity index (χ1v) is 6.53. The van der Waals surface area contributed by atoms with Gasteiger partial charge < -0.3 is 4.90 Å². The van der Waals surface area contributed by atoms with Gasteiger partial charge in [-0.1, -0.05) is 37.3 Å². The molecule has 1 saturated heterocycles. The lowest BCUT2D eigenvalue weighted by molar-refractivity contribution is -0.133. The van der Waals surface area contributed by atoms with Crippen LogP contribution < -0.4 is 0 Å². The van der Waals surface area contributed by atoms with E-state index < -0.39 is 0 Å². The summed E-state index contributed by atoms with van der Waals surface area (Å²) in [6.07, 6.45) is 3.00. The fourth-order valence-electron chi connectivity index (χ4n) is 2.57. The van der Waals surface area contributed by atoms with Gasteiger partial charge in [-0.05, 0) is 31.2 Å². The van der Waals surface area contributed by atoms with Gasteiger partial charge in [-0.15, -0.1) is 0 Å². The average molecular weight is 231 g/mol. The highest BCUT2D eigenvalue weighted by Gasteiger charge is 2.25. The molecule has 0 saturated carbocycles. The first-order valence-electron chi connectivity index (χ1n) is 6.53. The van der Waals surface area contributed by atoms with Gasteiger partial charge in [0.25, 0.3) is 0 Å². The summed E-state index contributed by atoms with van der Waals surface area (Å²) in [5, 5.41) is 0. The molecule has 1 aliphatic heterocycles. The zero-order chi connectivity index (χ0) is 12.3. The molecule has 0 bridgehead atoms. The molecule has 2 atom stereocenters. The fraction of sp³-hybridized carbons (Fsp3) is 0.533. The van der Waals surface area contributed by atoms with Crippen molar-refractivity contribution in [2.75, 3.05) is 6.54 Å². The Morgan fingerprint density at radius 2 is 2.00 bits per heavy atom. The largest absolute Gasteiger partial charge is 0.336 e. The summed E-state index contributed by atoms with van der Waals surface area (Å²) in [6, 6.07) is 10.5. The van der Waals surface area contributed by atoms with Crippen LogP contribution in [-0.4, -0.2) is 17.4 Å². The monoisotopic (exact) mass is 231 g/mol. The highest BCUT2D eigenvalue weighted by molar-refractivity contribution is 5.77. The first-order chi connectivity index (χ1) is 8.18. The summed E-state index contributed by atoms with van der Waals surface area (Å²) in [6.45, 7) is 5.21. The molecule has 1 fully saturated rings. The summed E-state index contributed by atoms with van der Waals surface area (Å²) in [7, 11) is 0. The molecule has 0 aromatic heterocycles. The number of carbonyl (C=O) groups excluding carboxylic acids is 1. The Labute approximate surface area is 104 Å². The molecule has 1 aromatic carbocycles. The second-order valence-electron chi connectivity index (χ2n) is 5.13. The summed E-state index contributed by atoms with van der Waals surface area (Å²) in [5.74, 6) is 0.849. The molecule has 0 unspecified atom stereocenters. The van der Waals surface area contributed by atoms with Crippen molar-refractivity contribution >= 4 is 5.91 Å². The number of benzene rings is 1. The maximum absolute atomic E-state index is 12.2. The van der Waals surface area contributed by atoms with E-state index in [1.165, 1.54) is 12.0 Å². The van der Waals surface area contributed by atoms with Crippen molar-refractivity contribution in [1.29, 1.82) is 0 Å². The van der Waals surface area contributed by atoms with E-state index in [1.807, 2.05) is 23.1 Å². The van der Waals surface area contributed by atoms with Crippen LogP contribution in [0.1, 0.15) is 44.7 Å². The van der Waals surface area contributed by atoms with Gasteiger partial charge in [0.1, 0.15) is 0 Å². The highest BCUT2D eigenvalue weighted by Crippen LogP contribution is 2.26. The van der Waals surface area contributed by atoms with E-state index in [9.17, 15) is 4.79 Å². The molecular weight excluding hydrogens is 210 g/mol. The van der Waals surface area contributed by atoms with Crippen LogP contribution in [0.3, 0.4) is 0 Å². The van der Waals surface area contributed by atoms with E-state index in [0.717, 1.165) is 13.0 Å². The quantitative estimate of drug-likeness (QED) is 0.764. The van der Waals surface area contributed by atoms with Crippen molar-refractivity contribution in [1.82, 2.24) is 4.90 Å². The van der Waals surface area contributed by atoms with Crippen LogP contribution in [0.5, 0.6) is 0 Å². The second kappa shape index (κ2) is 5.35. The van der Waals surface area contributed by atoms with Gasteiger partial charge in [0.2, 0.25) is 5.91 Å². The number of rotatable bonds is 2. The topological polar surface area (TPSA) is 20.3 Å². The van der Waals surface area contributed by atoms with Gasteiger partial charge >= 0.3 is 0 Å². The van der Waals surface area contributed by atoms with Crippen molar-refractivity contribution in [3.63, 3.8) is 0 Å². The van der Waals surface area contributed by atoms with Crippen molar-refractivity contribution in [2.45, 2.75) is 39.2 Å². The van der Waals surface area contributed by atoms with Crippen molar-refractivity contribution in [3.05, 3.63) is 35.9 Å². The van der Waals surface area contributed by atoms with E-state index in [2.05, 4.69) is 26.0 Å². The molecule has 1 aromatic rings. The van der Waals surface area contributed by atoms with E-state index in [1.54, 1.807) is 0 Å². The average Bonchev–Trinajstić information content (AvgIpc) is 2.50. The van der Waals surface area contributed by atoms with Crippen molar-refractivity contribution in [3.8, 4) is 0 Å². The summed E-state index contributed by atoms with van der Waals surface area (Å²) in [5.41, 5.74) is 1.23. The van der Waals surface area contributed by atoms with Crippen molar-refractivity contribution < 1.29 is 4.79 Å². The molecule has 1 amide bonds. The smallest absolute Gasteiger partial charge is 0.223 e. The zero-order valence-corrected chi connectivity index (χ0v) is 10.7. The van der Waals surface area contributed by atoms with E-state index in [0.29, 0.717) is 18.2 Å². The summed E-state index contributed by atoms with van der Waals surface area (Å²) < 4.78 is 0. The minimum atomic E-state index is 0.203. The van der Waals surface area contributed by atoms with Crippen LogP contribution in [-0.2, 0) is 4.79 Å². The lowest BCUT2D eigenvalue weighted by Crippen LogP contribution is -2.33. The molecular formula is C15H21NO. The number of nitrogens with zero attached hydrogens (tertiary/aromatic N) is 1. The van der Waals surface area contributed by atoms with E-state index in [-0.39, 0.29) is 6.04 Å². The third-order valence-corrected chi connectivity index (χ3v) is 3.69. The van der Waals surface area contributed by atoms with Gasteiger partial charge in [0.15, 0.2) is 0 Å². The van der Waals surface area contributed by atoms with Gasteiger partial charge in [0, 0.05) is 13.0 Å². The van der Waals surface area contributed by atoms with Crippen LogP contribution in [0.4, 0.5) is 0 Å².